The molecule has 4 aromatic carbocycles. The van der Waals surface area contributed by atoms with Gasteiger partial charge in [0.1, 0.15) is 11.6 Å². The minimum atomic E-state index is -3.35. The van der Waals surface area contributed by atoms with E-state index in [4.69, 9.17) is 4.52 Å². The van der Waals surface area contributed by atoms with E-state index in [0.717, 1.165) is 22.3 Å². The summed E-state index contributed by atoms with van der Waals surface area (Å²) in [6.45, 7) is 8.78. The lowest BCUT2D eigenvalue weighted by Gasteiger charge is -2.47. The summed E-state index contributed by atoms with van der Waals surface area (Å²) in [6.07, 6.45) is 0.184. The van der Waals surface area contributed by atoms with E-state index in [1.54, 1.807) is 0 Å². The first kappa shape index (κ1) is 26.6. The number of hydrogen-bond acceptors (Lipinski definition) is 2. The maximum atomic E-state index is 15.5. The Morgan fingerprint density at radius 1 is 0.711 bits per heavy atom. The Labute approximate surface area is 228 Å². The molecular formula is C34H38NO2P. The minimum absolute atomic E-state index is 0.150. The SMILES string of the molecule is CC(C)[C@@H](C)C[P@@]1(=O)O[C@H](c2ccccc2)[C@H](C)N1C(c1ccccc1)(c1ccccc1)c1ccccc1. The van der Waals surface area contributed by atoms with E-state index in [0.29, 0.717) is 12.1 Å². The van der Waals surface area contributed by atoms with Gasteiger partial charge in [-0.1, -0.05) is 142 Å². The van der Waals surface area contributed by atoms with Gasteiger partial charge in [-0.2, -0.15) is 0 Å². The molecule has 38 heavy (non-hydrogen) atoms. The van der Waals surface area contributed by atoms with E-state index in [9.17, 15) is 0 Å². The summed E-state index contributed by atoms with van der Waals surface area (Å²) in [5, 5.41) is 0. The topological polar surface area (TPSA) is 29.5 Å². The van der Waals surface area contributed by atoms with E-state index in [-0.39, 0.29) is 18.1 Å². The molecule has 1 saturated heterocycles. The molecule has 0 saturated carbocycles. The van der Waals surface area contributed by atoms with Crippen LogP contribution in [0, 0.1) is 11.8 Å². The minimum Gasteiger partial charge on any atom is -0.307 e. The molecule has 0 aromatic heterocycles. The van der Waals surface area contributed by atoms with Crippen molar-refractivity contribution in [2.45, 2.75) is 45.4 Å². The van der Waals surface area contributed by atoms with Crippen LogP contribution in [-0.2, 0) is 14.6 Å². The summed E-state index contributed by atoms with van der Waals surface area (Å²) in [6, 6.07) is 41.7. The van der Waals surface area contributed by atoms with Crippen molar-refractivity contribution in [3.63, 3.8) is 0 Å². The summed E-state index contributed by atoms with van der Waals surface area (Å²) < 4.78 is 24.6. The van der Waals surface area contributed by atoms with Gasteiger partial charge in [-0.05, 0) is 41.0 Å². The Bertz CT molecular complexity index is 1260. The predicted octanol–water partition coefficient (Wildman–Crippen LogP) is 8.93. The van der Waals surface area contributed by atoms with Gasteiger partial charge < -0.3 is 4.52 Å². The van der Waals surface area contributed by atoms with E-state index in [1.165, 1.54) is 0 Å². The molecule has 4 atom stereocenters. The Morgan fingerprint density at radius 2 is 1.11 bits per heavy atom. The zero-order valence-corrected chi connectivity index (χ0v) is 23.7. The molecule has 4 aromatic rings. The molecule has 0 spiro atoms. The molecule has 0 amide bonds. The summed E-state index contributed by atoms with van der Waals surface area (Å²) >= 11 is 0. The van der Waals surface area contributed by atoms with Crippen LogP contribution in [0.3, 0.4) is 0 Å². The molecule has 3 nitrogen and oxygen atoms in total. The predicted molar refractivity (Wildman–Crippen MR) is 157 cm³/mol. The highest BCUT2D eigenvalue weighted by Gasteiger charge is 2.59. The molecule has 0 aliphatic carbocycles. The smallest absolute Gasteiger partial charge is 0.274 e. The highest BCUT2D eigenvalue weighted by molar-refractivity contribution is 7.56. The average Bonchev–Trinajstić information content (AvgIpc) is 3.22. The van der Waals surface area contributed by atoms with Gasteiger partial charge in [0.25, 0.3) is 7.52 Å². The first-order chi connectivity index (χ1) is 18.4. The lowest BCUT2D eigenvalue weighted by atomic mass is 9.76. The van der Waals surface area contributed by atoms with Gasteiger partial charge >= 0.3 is 0 Å². The van der Waals surface area contributed by atoms with Crippen LogP contribution >= 0.6 is 7.52 Å². The lowest BCUT2D eigenvalue weighted by molar-refractivity contribution is 0.177. The highest BCUT2D eigenvalue weighted by Crippen LogP contribution is 2.70. The first-order valence-corrected chi connectivity index (χ1v) is 15.4. The zero-order valence-electron chi connectivity index (χ0n) is 22.8. The molecule has 1 fully saturated rings. The summed E-state index contributed by atoms with van der Waals surface area (Å²) in [4.78, 5) is 0. The Balaban J connectivity index is 1.84. The van der Waals surface area contributed by atoms with E-state index in [1.807, 2.05) is 36.4 Å². The van der Waals surface area contributed by atoms with Crippen LogP contribution < -0.4 is 0 Å². The Morgan fingerprint density at radius 3 is 1.50 bits per heavy atom. The second-order valence-electron chi connectivity index (χ2n) is 10.9. The van der Waals surface area contributed by atoms with E-state index < -0.39 is 13.1 Å². The summed E-state index contributed by atoms with van der Waals surface area (Å²) in [5.74, 6) is 0.613. The molecule has 196 valence electrons. The summed E-state index contributed by atoms with van der Waals surface area (Å²) in [7, 11) is -3.35. The van der Waals surface area contributed by atoms with Crippen molar-refractivity contribution in [1.82, 2.24) is 4.67 Å². The molecule has 0 bridgehead atoms. The summed E-state index contributed by atoms with van der Waals surface area (Å²) in [5.41, 5.74) is 3.50. The molecule has 1 aliphatic heterocycles. The van der Waals surface area contributed by atoms with Gasteiger partial charge in [0.2, 0.25) is 0 Å². The standard InChI is InChI=1S/C34H38NO2P/c1-26(2)27(3)25-38(36)35(28(4)33(37-38)29-17-9-5-10-18-29)34(30-19-11-6-12-20-30,31-21-13-7-14-22-31)32-23-15-8-16-24-32/h5-24,26-28,33H,25H2,1-4H3/t27-,28-,33-,38+/m0/s1. The van der Waals surface area contributed by atoms with Crippen LogP contribution in [-0.4, -0.2) is 16.9 Å². The third-order valence-corrected chi connectivity index (χ3v) is 11.0. The molecule has 4 heteroatoms. The van der Waals surface area contributed by atoms with E-state index in [2.05, 4.69) is 117 Å². The van der Waals surface area contributed by atoms with Crippen molar-refractivity contribution in [3.05, 3.63) is 144 Å². The van der Waals surface area contributed by atoms with Gasteiger partial charge in [-0.15, -0.1) is 0 Å². The van der Waals surface area contributed by atoms with Crippen LogP contribution in [0.25, 0.3) is 0 Å². The van der Waals surface area contributed by atoms with Crippen molar-refractivity contribution in [3.8, 4) is 0 Å². The van der Waals surface area contributed by atoms with Crippen molar-refractivity contribution in [2.75, 3.05) is 6.16 Å². The fraction of sp³-hybridized carbons (Fsp3) is 0.294. The monoisotopic (exact) mass is 523 g/mol. The quantitative estimate of drug-likeness (QED) is 0.171. The number of rotatable bonds is 8. The number of benzene rings is 4. The Kier molecular flexibility index (Phi) is 7.73. The van der Waals surface area contributed by atoms with Crippen molar-refractivity contribution in [1.29, 1.82) is 0 Å². The fourth-order valence-corrected chi connectivity index (χ4v) is 9.52. The third-order valence-electron chi connectivity index (χ3n) is 8.13. The number of nitrogens with zero attached hydrogens (tertiary/aromatic N) is 1. The molecular weight excluding hydrogens is 485 g/mol. The average molecular weight is 524 g/mol. The molecule has 1 heterocycles. The lowest BCUT2D eigenvalue weighted by Crippen LogP contribution is -2.49. The van der Waals surface area contributed by atoms with Crippen molar-refractivity contribution < 1.29 is 9.09 Å². The van der Waals surface area contributed by atoms with Gasteiger partial charge in [-0.3, -0.25) is 4.57 Å². The third kappa shape index (κ3) is 4.69. The molecule has 5 rings (SSSR count). The van der Waals surface area contributed by atoms with Gasteiger partial charge in [0.05, 0.1) is 0 Å². The molecule has 0 unspecified atom stereocenters. The van der Waals surface area contributed by atoms with Crippen LogP contribution in [0.15, 0.2) is 121 Å². The maximum Gasteiger partial charge on any atom is 0.274 e. The normalized spacial score (nSPS) is 23.0. The second kappa shape index (κ2) is 11.0. The second-order valence-corrected chi connectivity index (χ2v) is 13.2. The molecule has 1 aliphatic rings. The Hall–Kier alpha value is -2.97. The molecule has 0 N–H and O–H groups in total. The first-order valence-electron chi connectivity index (χ1n) is 13.7. The van der Waals surface area contributed by atoms with Gasteiger partial charge in [0, 0.05) is 12.2 Å². The van der Waals surface area contributed by atoms with Crippen molar-refractivity contribution >= 4 is 7.52 Å². The largest absolute Gasteiger partial charge is 0.307 e. The maximum absolute atomic E-state index is 15.5. The fourth-order valence-electron chi connectivity index (χ4n) is 5.88. The zero-order chi connectivity index (χ0) is 26.8. The van der Waals surface area contributed by atoms with Crippen molar-refractivity contribution in [2.24, 2.45) is 11.8 Å². The van der Waals surface area contributed by atoms with E-state index >= 15 is 4.57 Å². The van der Waals surface area contributed by atoms with Crippen LogP contribution in [0.1, 0.15) is 56.1 Å². The molecule has 0 radical (unpaired) electrons. The van der Waals surface area contributed by atoms with Crippen LogP contribution in [0.4, 0.5) is 0 Å². The van der Waals surface area contributed by atoms with Gasteiger partial charge in [-0.25, -0.2) is 4.67 Å². The highest BCUT2D eigenvalue weighted by atomic mass is 31.2. The number of hydrogen-bond donors (Lipinski definition) is 0. The van der Waals surface area contributed by atoms with Crippen LogP contribution in [0.2, 0.25) is 0 Å². The van der Waals surface area contributed by atoms with Gasteiger partial charge in [0.15, 0.2) is 0 Å². The van der Waals surface area contributed by atoms with Crippen LogP contribution in [0.5, 0.6) is 0 Å².